The number of carbonyl (C=O) groups is 1. The number of pyridine rings is 1. The van der Waals surface area contributed by atoms with Crippen LogP contribution in [-0.4, -0.2) is 44.5 Å². The summed E-state index contributed by atoms with van der Waals surface area (Å²) in [7, 11) is 1.57. The first-order valence-electron chi connectivity index (χ1n) is 9.66. The highest BCUT2D eigenvalue weighted by atomic mass is 35.5. The molecule has 7 nitrogen and oxygen atoms in total. The van der Waals surface area contributed by atoms with Crippen LogP contribution >= 0.6 is 23.4 Å². The molecule has 0 fully saturated rings. The molecule has 2 aromatic heterocycles. The summed E-state index contributed by atoms with van der Waals surface area (Å²) in [6, 6.07) is 13.0. The van der Waals surface area contributed by atoms with Gasteiger partial charge in [0.25, 0.3) is 0 Å². The fraction of sp³-hybridized carbons (Fsp3) is 0.318. The average Bonchev–Trinajstić information content (AvgIpc) is 3.08. The summed E-state index contributed by atoms with van der Waals surface area (Å²) in [6.07, 6.45) is 0.698. The molecule has 0 spiro atoms. The van der Waals surface area contributed by atoms with Crippen LogP contribution < -0.4 is 4.74 Å². The van der Waals surface area contributed by atoms with E-state index in [1.807, 2.05) is 57.2 Å². The number of carboxylic acid groups (broad SMARTS) is 1. The summed E-state index contributed by atoms with van der Waals surface area (Å²) < 4.78 is 6.96. The van der Waals surface area contributed by atoms with Gasteiger partial charge in [0.15, 0.2) is 0 Å². The normalized spacial score (nSPS) is 11.4. The van der Waals surface area contributed by atoms with E-state index in [9.17, 15) is 9.90 Å². The summed E-state index contributed by atoms with van der Waals surface area (Å²) in [5.74, 6) is 0.510. The van der Waals surface area contributed by atoms with Crippen molar-refractivity contribution in [3.05, 3.63) is 59.4 Å². The second-order valence-electron chi connectivity index (χ2n) is 8.17. The number of aromatic nitrogens is 3. The molecular formula is C22H25ClN4O3S. The number of methoxy groups -OCH3 is 1. The Hall–Kier alpha value is -2.71. The van der Waals surface area contributed by atoms with Gasteiger partial charge in [-0.3, -0.25) is 0 Å². The number of hydrogen-bond acceptors (Lipinski definition) is 5. The monoisotopic (exact) mass is 460 g/mol. The number of hydrogen-bond donors (Lipinski definition) is 1. The predicted octanol–water partition coefficient (Wildman–Crippen LogP) is 5.61. The zero-order valence-electron chi connectivity index (χ0n) is 17.9. The maximum atomic E-state index is 11.8. The number of amides is 1. The van der Waals surface area contributed by atoms with Gasteiger partial charge in [0, 0.05) is 23.7 Å². The first kappa shape index (κ1) is 23.0. The summed E-state index contributed by atoms with van der Waals surface area (Å²) in [6.45, 7) is 6.58. The van der Waals surface area contributed by atoms with Crippen LogP contribution in [-0.2, 0) is 6.54 Å². The number of ether oxygens (including phenoxy) is 1. The molecule has 0 radical (unpaired) electrons. The molecular weight excluding hydrogens is 436 g/mol. The minimum absolute atomic E-state index is 0.172. The van der Waals surface area contributed by atoms with E-state index in [0.29, 0.717) is 23.1 Å². The molecule has 1 aromatic carbocycles. The van der Waals surface area contributed by atoms with E-state index < -0.39 is 6.09 Å². The minimum Gasteiger partial charge on any atom is -0.481 e. The summed E-state index contributed by atoms with van der Waals surface area (Å²) in [5.41, 5.74) is 1.18. The van der Waals surface area contributed by atoms with Crippen molar-refractivity contribution in [3.63, 3.8) is 0 Å². The minimum atomic E-state index is -0.977. The molecule has 9 heteroatoms. The molecule has 0 aliphatic carbocycles. The molecule has 2 heterocycles. The highest BCUT2D eigenvalue weighted by Crippen LogP contribution is 2.33. The first-order valence-corrected chi connectivity index (χ1v) is 10.9. The van der Waals surface area contributed by atoms with Crippen LogP contribution in [0.2, 0.25) is 5.02 Å². The van der Waals surface area contributed by atoms with Crippen LogP contribution in [0.4, 0.5) is 4.79 Å². The van der Waals surface area contributed by atoms with Gasteiger partial charge < -0.3 is 14.7 Å². The lowest BCUT2D eigenvalue weighted by Gasteiger charge is -2.27. The second kappa shape index (κ2) is 9.62. The molecule has 0 atom stereocenters. The van der Waals surface area contributed by atoms with E-state index in [1.54, 1.807) is 24.1 Å². The standard InChI is InChI=1S/C22H25ClN4O3S/c1-22(2,3)14-26(21(28)29)13-15-11-20(31-16-9-10-24-19(12-16)30-4)27(25-15)18-8-6-5-7-17(18)23/h5-12H,13-14H2,1-4H3,(H,28,29). The molecule has 0 saturated heterocycles. The number of para-hydroxylation sites is 1. The first-order chi connectivity index (χ1) is 14.7. The van der Waals surface area contributed by atoms with E-state index in [4.69, 9.17) is 21.4 Å². The van der Waals surface area contributed by atoms with Crippen molar-refractivity contribution in [2.45, 2.75) is 37.2 Å². The highest BCUT2D eigenvalue weighted by Gasteiger charge is 2.23. The van der Waals surface area contributed by atoms with Gasteiger partial charge in [-0.2, -0.15) is 5.10 Å². The molecule has 1 N–H and O–H groups in total. The van der Waals surface area contributed by atoms with Crippen LogP contribution in [0.15, 0.2) is 58.6 Å². The zero-order chi connectivity index (χ0) is 22.6. The Balaban J connectivity index is 1.99. The number of rotatable bonds is 7. The van der Waals surface area contributed by atoms with Gasteiger partial charge in [-0.15, -0.1) is 0 Å². The molecule has 3 rings (SSSR count). The molecule has 0 saturated carbocycles. The third-order valence-corrected chi connectivity index (χ3v) is 5.54. The lowest BCUT2D eigenvalue weighted by Crippen LogP contribution is -2.36. The molecule has 0 unspecified atom stereocenters. The SMILES string of the molecule is COc1cc(Sc2cc(CN(CC(C)(C)C)C(=O)O)nn2-c2ccccc2Cl)ccn1. The number of nitrogens with zero attached hydrogens (tertiary/aromatic N) is 4. The molecule has 1 amide bonds. The largest absolute Gasteiger partial charge is 0.481 e. The smallest absolute Gasteiger partial charge is 0.407 e. The van der Waals surface area contributed by atoms with E-state index in [1.165, 1.54) is 16.7 Å². The van der Waals surface area contributed by atoms with E-state index >= 15 is 0 Å². The molecule has 31 heavy (non-hydrogen) atoms. The summed E-state index contributed by atoms with van der Waals surface area (Å²) >= 11 is 7.90. The van der Waals surface area contributed by atoms with E-state index in [2.05, 4.69) is 4.98 Å². The molecule has 164 valence electrons. The van der Waals surface area contributed by atoms with Crippen LogP contribution in [0.5, 0.6) is 5.88 Å². The molecule has 0 aliphatic rings. The maximum Gasteiger partial charge on any atom is 0.407 e. The highest BCUT2D eigenvalue weighted by molar-refractivity contribution is 7.99. The Morgan fingerprint density at radius 1 is 1.26 bits per heavy atom. The Morgan fingerprint density at radius 3 is 2.65 bits per heavy atom. The van der Waals surface area contributed by atoms with Crippen molar-refractivity contribution in [1.29, 1.82) is 0 Å². The quantitative estimate of drug-likeness (QED) is 0.493. The van der Waals surface area contributed by atoms with Gasteiger partial charge in [-0.05, 0) is 29.7 Å². The zero-order valence-corrected chi connectivity index (χ0v) is 19.4. The Bertz CT molecular complexity index is 1060. The van der Waals surface area contributed by atoms with Crippen LogP contribution in [0.3, 0.4) is 0 Å². The van der Waals surface area contributed by atoms with Gasteiger partial charge in [-0.1, -0.05) is 56.3 Å². The fourth-order valence-electron chi connectivity index (χ4n) is 3.00. The van der Waals surface area contributed by atoms with Crippen molar-refractivity contribution >= 4 is 29.5 Å². The molecule has 0 aliphatic heterocycles. The van der Waals surface area contributed by atoms with Crippen molar-refractivity contribution in [3.8, 4) is 11.6 Å². The third kappa shape index (κ3) is 6.15. The number of halogens is 1. The topological polar surface area (TPSA) is 80.5 Å². The Labute approximate surface area is 191 Å². The maximum absolute atomic E-state index is 11.8. The van der Waals surface area contributed by atoms with Crippen molar-refractivity contribution < 1.29 is 14.6 Å². The lowest BCUT2D eigenvalue weighted by molar-refractivity contribution is 0.122. The third-order valence-electron chi connectivity index (χ3n) is 4.23. The number of benzene rings is 1. The average molecular weight is 461 g/mol. The van der Waals surface area contributed by atoms with Crippen LogP contribution in [0.1, 0.15) is 26.5 Å². The van der Waals surface area contributed by atoms with Gasteiger partial charge in [0.2, 0.25) is 5.88 Å². The van der Waals surface area contributed by atoms with Gasteiger partial charge in [0.1, 0.15) is 5.03 Å². The fourth-order valence-corrected chi connectivity index (χ4v) is 4.17. The van der Waals surface area contributed by atoms with E-state index in [-0.39, 0.29) is 12.0 Å². The predicted molar refractivity (Wildman–Crippen MR) is 121 cm³/mol. The Morgan fingerprint density at radius 2 is 2.00 bits per heavy atom. The van der Waals surface area contributed by atoms with Crippen LogP contribution in [0, 0.1) is 5.41 Å². The van der Waals surface area contributed by atoms with Crippen molar-refractivity contribution in [2.75, 3.05) is 13.7 Å². The summed E-state index contributed by atoms with van der Waals surface area (Å²) in [4.78, 5) is 18.2. The van der Waals surface area contributed by atoms with Crippen molar-refractivity contribution in [1.82, 2.24) is 19.7 Å². The summed E-state index contributed by atoms with van der Waals surface area (Å²) in [5, 5.41) is 15.7. The lowest BCUT2D eigenvalue weighted by atomic mass is 9.96. The molecule has 0 bridgehead atoms. The van der Waals surface area contributed by atoms with Gasteiger partial charge in [0.05, 0.1) is 30.1 Å². The van der Waals surface area contributed by atoms with Crippen LogP contribution in [0.25, 0.3) is 5.69 Å². The van der Waals surface area contributed by atoms with E-state index in [0.717, 1.165) is 15.6 Å². The second-order valence-corrected chi connectivity index (χ2v) is 9.67. The van der Waals surface area contributed by atoms with Gasteiger partial charge in [-0.25, -0.2) is 14.5 Å². The van der Waals surface area contributed by atoms with Gasteiger partial charge >= 0.3 is 6.09 Å². The molecule has 3 aromatic rings. The van der Waals surface area contributed by atoms with Crippen molar-refractivity contribution in [2.24, 2.45) is 5.41 Å². The Kier molecular flexibility index (Phi) is 7.12.